The summed E-state index contributed by atoms with van der Waals surface area (Å²) < 4.78 is 5.96. The van der Waals surface area contributed by atoms with Gasteiger partial charge in [0.25, 0.3) is 0 Å². The predicted molar refractivity (Wildman–Crippen MR) is 124 cm³/mol. The number of carbonyl (C=O) groups is 1. The third kappa shape index (κ3) is 6.19. The number of carbonyl (C=O) groups excluding carboxylic acids is 1. The van der Waals surface area contributed by atoms with Crippen molar-refractivity contribution in [1.82, 2.24) is 4.90 Å². The van der Waals surface area contributed by atoms with Crippen molar-refractivity contribution in [2.24, 2.45) is 0 Å². The highest BCUT2D eigenvalue weighted by Crippen LogP contribution is 2.21. The Labute approximate surface area is 181 Å². The van der Waals surface area contributed by atoms with Gasteiger partial charge in [0.15, 0.2) is 5.78 Å². The minimum atomic E-state index is 0. The molecule has 0 unspecified atom stereocenters. The Bertz CT molecular complexity index is 834. The van der Waals surface area contributed by atoms with Gasteiger partial charge in [-0.25, -0.2) is 0 Å². The maximum absolute atomic E-state index is 12.7. The maximum Gasteiger partial charge on any atom is 0.186 e. The third-order valence-electron chi connectivity index (χ3n) is 5.51. The number of hydrogen-bond acceptors (Lipinski definition) is 3. The van der Waals surface area contributed by atoms with Gasteiger partial charge in [-0.3, -0.25) is 9.69 Å². The summed E-state index contributed by atoms with van der Waals surface area (Å²) in [5.41, 5.74) is 5.12. The van der Waals surface area contributed by atoms with E-state index >= 15 is 0 Å². The van der Waals surface area contributed by atoms with Gasteiger partial charge in [-0.1, -0.05) is 37.3 Å². The Morgan fingerprint density at radius 2 is 1.79 bits per heavy atom. The minimum absolute atomic E-state index is 0. The molecule has 156 valence electrons. The van der Waals surface area contributed by atoms with Crippen molar-refractivity contribution in [2.75, 3.05) is 26.2 Å². The molecule has 2 aromatic carbocycles. The molecule has 1 aliphatic rings. The molecule has 1 heterocycles. The number of hydrogen-bond donors (Lipinski definition) is 0. The average molecular weight is 414 g/mol. The number of aryl methyl sites for hydroxylation is 3. The highest BCUT2D eigenvalue weighted by atomic mass is 35.5. The molecule has 0 radical (unpaired) electrons. The lowest BCUT2D eigenvalue weighted by atomic mass is 9.97. The molecule has 3 rings (SSSR count). The molecule has 0 atom stereocenters. The van der Waals surface area contributed by atoms with E-state index in [1.165, 1.54) is 31.5 Å². The second-order valence-electron chi connectivity index (χ2n) is 7.58. The Morgan fingerprint density at radius 3 is 2.45 bits per heavy atom. The summed E-state index contributed by atoms with van der Waals surface area (Å²) in [6, 6.07) is 12.1. The number of benzene rings is 2. The Morgan fingerprint density at radius 1 is 1.10 bits per heavy atom. The summed E-state index contributed by atoms with van der Waals surface area (Å²) >= 11 is 0. The van der Waals surface area contributed by atoms with Gasteiger partial charge < -0.3 is 4.74 Å². The number of ketones is 1. The van der Waals surface area contributed by atoms with E-state index in [1.54, 1.807) is 6.08 Å². The number of nitrogens with zero attached hydrogens (tertiary/aromatic N) is 1. The maximum atomic E-state index is 12.7. The van der Waals surface area contributed by atoms with Crippen molar-refractivity contribution in [3.63, 3.8) is 0 Å². The fraction of sp³-hybridized carbons (Fsp3) is 0.400. The van der Waals surface area contributed by atoms with Crippen molar-refractivity contribution < 1.29 is 9.53 Å². The number of halogens is 1. The van der Waals surface area contributed by atoms with Crippen molar-refractivity contribution in [1.29, 1.82) is 0 Å². The molecule has 4 heteroatoms. The molecule has 1 aliphatic heterocycles. The van der Waals surface area contributed by atoms with Crippen LogP contribution in [0.3, 0.4) is 0 Å². The SMILES string of the molecule is CCc1cc(OCCN2CCCC2)ccc1C=CC(=O)c1c(C)cccc1C.Cl. The molecule has 0 saturated carbocycles. The summed E-state index contributed by atoms with van der Waals surface area (Å²) in [7, 11) is 0. The summed E-state index contributed by atoms with van der Waals surface area (Å²) in [6.07, 6.45) is 7.14. The minimum Gasteiger partial charge on any atom is -0.492 e. The molecule has 0 aliphatic carbocycles. The predicted octanol–water partition coefficient (Wildman–Crippen LogP) is 5.66. The number of ether oxygens (including phenoxy) is 1. The summed E-state index contributed by atoms with van der Waals surface area (Å²) in [5.74, 6) is 0.970. The zero-order valence-electron chi connectivity index (χ0n) is 17.7. The quantitative estimate of drug-likeness (QED) is 0.413. The average Bonchev–Trinajstić information content (AvgIpc) is 3.20. The second-order valence-corrected chi connectivity index (χ2v) is 7.58. The highest BCUT2D eigenvalue weighted by Gasteiger charge is 2.11. The zero-order valence-corrected chi connectivity index (χ0v) is 18.6. The lowest BCUT2D eigenvalue weighted by Crippen LogP contribution is -2.25. The molecule has 0 N–H and O–H groups in total. The van der Waals surface area contributed by atoms with Gasteiger partial charge in [0, 0.05) is 12.1 Å². The van der Waals surface area contributed by atoms with Gasteiger partial charge in [-0.05, 0) is 86.7 Å². The molecule has 29 heavy (non-hydrogen) atoms. The summed E-state index contributed by atoms with van der Waals surface area (Å²) in [6.45, 7) is 10.2. The van der Waals surface area contributed by atoms with Crippen LogP contribution in [0.4, 0.5) is 0 Å². The van der Waals surface area contributed by atoms with Crippen LogP contribution in [0, 0.1) is 13.8 Å². The molecule has 3 nitrogen and oxygen atoms in total. The van der Waals surface area contributed by atoms with E-state index in [0.29, 0.717) is 0 Å². The molecule has 1 fully saturated rings. The van der Waals surface area contributed by atoms with E-state index in [9.17, 15) is 4.79 Å². The van der Waals surface area contributed by atoms with E-state index in [1.807, 2.05) is 44.2 Å². The van der Waals surface area contributed by atoms with Gasteiger partial charge in [-0.2, -0.15) is 0 Å². The Balaban J connectivity index is 0.00000300. The second kappa shape index (κ2) is 11.2. The first kappa shape index (κ1) is 23.2. The zero-order chi connectivity index (χ0) is 19.9. The molecular formula is C25H32ClNO2. The van der Waals surface area contributed by atoms with Crippen LogP contribution in [0.15, 0.2) is 42.5 Å². The van der Waals surface area contributed by atoms with E-state index in [4.69, 9.17) is 4.74 Å². The summed E-state index contributed by atoms with van der Waals surface area (Å²) in [4.78, 5) is 15.1. The number of allylic oxidation sites excluding steroid dienone is 1. The van der Waals surface area contributed by atoms with Crippen LogP contribution in [0.2, 0.25) is 0 Å². The molecule has 1 saturated heterocycles. The first-order chi connectivity index (χ1) is 13.6. The molecule has 2 aromatic rings. The van der Waals surface area contributed by atoms with Gasteiger partial charge in [0.05, 0.1) is 0 Å². The van der Waals surface area contributed by atoms with Crippen molar-refractivity contribution in [2.45, 2.75) is 40.0 Å². The molecular weight excluding hydrogens is 382 g/mol. The number of likely N-dealkylation sites (tertiary alicyclic amines) is 1. The first-order valence-corrected chi connectivity index (χ1v) is 10.3. The van der Waals surface area contributed by atoms with Crippen molar-refractivity contribution in [3.05, 3.63) is 70.3 Å². The first-order valence-electron chi connectivity index (χ1n) is 10.3. The normalized spacial score (nSPS) is 14.2. The molecule has 0 amide bonds. The third-order valence-corrected chi connectivity index (χ3v) is 5.51. The standard InChI is InChI=1S/C25H31NO2.ClH/c1-4-21-18-23(28-17-16-26-14-5-6-15-26)12-10-22(21)11-13-24(27)25-19(2)8-7-9-20(25)3;/h7-13,18H,4-6,14-17H2,1-3H3;1H. The van der Waals surface area contributed by atoms with Crippen molar-refractivity contribution >= 4 is 24.3 Å². The lowest BCUT2D eigenvalue weighted by molar-refractivity contribution is 0.104. The van der Waals surface area contributed by atoms with Gasteiger partial charge in [0.1, 0.15) is 12.4 Å². The lowest BCUT2D eigenvalue weighted by Gasteiger charge is -2.15. The van der Waals surface area contributed by atoms with Crippen LogP contribution in [0.5, 0.6) is 5.75 Å². The van der Waals surface area contributed by atoms with Crippen molar-refractivity contribution in [3.8, 4) is 5.75 Å². The smallest absolute Gasteiger partial charge is 0.186 e. The molecule has 0 spiro atoms. The highest BCUT2D eigenvalue weighted by molar-refractivity contribution is 6.08. The van der Waals surface area contributed by atoms with E-state index in [-0.39, 0.29) is 18.2 Å². The molecule has 0 aromatic heterocycles. The van der Waals surface area contributed by atoms with Crippen LogP contribution in [-0.2, 0) is 6.42 Å². The van der Waals surface area contributed by atoms with Gasteiger partial charge in [-0.15, -0.1) is 12.4 Å². The van der Waals surface area contributed by atoms with Crippen LogP contribution >= 0.6 is 12.4 Å². The monoisotopic (exact) mass is 413 g/mol. The number of rotatable bonds is 8. The van der Waals surface area contributed by atoms with E-state index < -0.39 is 0 Å². The Hall–Kier alpha value is -2.10. The largest absolute Gasteiger partial charge is 0.492 e. The van der Waals surface area contributed by atoms with Crippen LogP contribution < -0.4 is 4.74 Å². The molecule has 0 bridgehead atoms. The van der Waals surface area contributed by atoms with Gasteiger partial charge in [0.2, 0.25) is 0 Å². The van der Waals surface area contributed by atoms with E-state index in [2.05, 4.69) is 24.0 Å². The fourth-order valence-electron chi connectivity index (χ4n) is 3.89. The fourth-order valence-corrected chi connectivity index (χ4v) is 3.89. The van der Waals surface area contributed by atoms with Crippen LogP contribution in [0.25, 0.3) is 6.08 Å². The van der Waals surface area contributed by atoms with Crippen LogP contribution in [-0.4, -0.2) is 36.9 Å². The summed E-state index contributed by atoms with van der Waals surface area (Å²) in [5, 5.41) is 0. The van der Waals surface area contributed by atoms with Gasteiger partial charge >= 0.3 is 0 Å². The topological polar surface area (TPSA) is 29.5 Å². The van der Waals surface area contributed by atoms with Crippen LogP contribution in [0.1, 0.15) is 52.4 Å². The Kier molecular flexibility index (Phi) is 8.94. The van der Waals surface area contributed by atoms with E-state index in [0.717, 1.165) is 47.6 Å².